The van der Waals surface area contributed by atoms with E-state index in [1.165, 1.54) is 14.2 Å². The molecule has 0 radical (unpaired) electrons. The van der Waals surface area contributed by atoms with E-state index in [0.29, 0.717) is 43.4 Å². The molecule has 1 saturated heterocycles. The Morgan fingerprint density at radius 2 is 1.71 bits per heavy atom. The van der Waals surface area contributed by atoms with E-state index in [2.05, 4.69) is 32.7 Å². The van der Waals surface area contributed by atoms with Gasteiger partial charge in [-0.3, -0.25) is 4.79 Å². The lowest BCUT2D eigenvalue weighted by atomic mass is 9.66. The molecule has 0 bridgehead atoms. The van der Waals surface area contributed by atoms with Gasteiger partial charge in [0, 0.05) is 12.6 Å². The van der Waals surface area contributed by atoms with Crippen molar-refractivity contribution >= 4 is 17.8 Å². The number of nitriles is 1. The first-order valence-corrected chi connectivity index (χ1v) is 14.1. The molecule has 0 saturated carbocycles. The van der Waals surface area contributed by atoms with Crippen molar-refractivity contribution in [3.05, 3.63) is 69.8 Å². The highest BCUT2D eigenvalue weighted by Crippen LogP contribution is 2.47. The van der Waals surface area contributed by atoms with Crippen LogP contribution in [0.1, 0.15) is 69.2 Å². The van der Waals surface area contributed by atoms with Crippen molar-refractivity contribution in [3.8, 4) is 6.07 Å². The molecule has 2 heterocycles. The summed E-state index contributed by atoms with van der Waals surface area (Å²) in [6, 6.07) is 12.8. The molecule has 220 valence electrons. The van der Waals surface area contributed by atoms with Crippen LogP contribution in [-0.2, 0) is 32.5 Å². The monoisotopic (exact) mass is 573 g/mol. The number of nitrogens with zero attached hydrogens (tertiary/aromatic N) is 4. The van der Waals surface area contributed by atoms with Gasteiger partial charge < -0.3 is 19.7 Å². The maximum atomic E-state index is 13.0. The number of esters is 2. The predicted molar refractivity (Wildman–Crippen MR) is 151 cm³/mol. The predicted octanol–water partition coefficient (Wildman–Crippen LogP) is 2.33. The van der Waals surface area contributed by atoms with Crippen molar-refractivity contribution in [1.82, 2.24) is 21.2 Å². The normalized spacial score (nSPS) is 20.9. The molecule has 1 amide bonds. The van der Waals surface area contributed by atoms with Gasteiger partial charge in [-0.1, -0.05) is 17.4 Å². The van der Waals surface area contributed by atoms with Crippen molar-refractivity contribution in [1.29, 1.82) is 5.26 Å². The van der Waals surface area contributed by atoms with Gasteiger partial charge in [-0.15, -0.1) is 5.11 Å². The first kappa shape index (κ1) is 29.2. The highest BCUT2D eigenvalue weighted by molar-refractivity contribution is 5.90. The summed E-state index contributed by atoms with van der Waals surface area (Å²) in [4.78, 5) is 39.6. The number of benzene rings is 2. The topological polar surface area (TPSA) is 158 Å². The van der Waals surface area contributed by atoms with E-state index in [1.54, 1.807) is 17.0 Å². The molecule has 2 aliphatic heterocycles. The van der Waals surface area contributed by atoms with Crippen LogP contribution in [-0.4, -0.2) is 68.3 Å². The molecule has 1 fully saturated rings. The van der Waals surface area contributed by atoms with Crippen LogP contribution in [0.3, 0.4) is 0 Å². The maximum Gasteiger partial charge on any atom is 0.337 e. The van der Waals surface area contributed by atoms with Gasteiger partial charge in [0.25, 0.3) is 0 Å². The number of methoxy groups -OCH3 is 2. The molecular weight excluding hydrogens is 538 g/mol. The zero-order chi connectivity index (χ0) is 29.9. The summed E-state index contributed by atoms with van der Waals surface area (Å²) in [5, 5.41) is 21.4. The lowest BCUT2D eigenvalue weighted by Crippen LogP contribution is -2.52. The molecule has 2 aromatic rings. The number of ether oxygens (including phenoxy) is 2. The fourth-order valence-corrected chi connectivity index (χ4v) is 6.55. The maximum absolute atomic E-state index is 13.0. The fraction of sp³-hybridized carbons (Fsp3) is 0.467. The Hall–Kier alpha value is -4.34. The molecule has 3 atom stereocenters. The minimum atomic E-state index is -0.810. The number of carbonyl (C=O) groups excluding carboxylic acids is 3. The molecule has 42 heavy (non-hydrogen) atoms. The van der Waals surface area contributed by atoms with Crippen LogP contribution in [0.2, 0.25) is 0 Å². The number of hydrogen-bond donors (Lipinski definition) is 3. The number of hydrazine groups is 1. The molecule has 12 nitrogen and oxygen atoms in total. The minimum Gasteiger partial charge on any atom is -0.465 e. The molecule has 2 aromatic carbocycles. The Balaban J connectivity index is 1.57. The van der Waals surface area contributed by atoms with Gasteiger partial charge in [0.1, 0.15) is 6.04 Å². The first-order valence-electron chi connectivity index (χ1n) is 14.1. The molecule has 1 aliphatic carbocycles. The number of carbonyl (C=O) groups is 3. The van der Waals surface area contributed by atoms with Crippen LogP contribution >= 0.6 is 0 Å². The number of hydrogen-bond acceptors (Lipinski definition) is 11. The van der Waals surface area contributed by atoms with Crippen LogP contribution in [0, 0.1) is 11.3 Å². The number of amides is 1. The molecule has 0 aromatic heterocycles. The number of likely N-dealkylation sites (tertiary alicyclic amines) is 1. The van der Waals surface area contributed by atoms with Gasteiger partial charge in [0.2, 0.25) is 5.91 Å². The number of fused-ring (bicyclic) bond motifs is 2. The largest absolute Gasteiger partial charge is 0.465 e. The third kappa shape index (κ3) is 5.33. The van der Waals surface area contributed by atoms with Crippen LogP contribution in [0.15, 0.2) is 46.7 Å². The number of rotatable bonds is 8. The Labute approximate surface area is 244 Å². The van der Waals surface area contributed by atoms with Gasteiger partial charge in [-0.2, -0.15) is 10.7 Å². The van der Waals surface area contributed by atoms with E-state index in [-0.39, 0.29) is 24.5 Å². The van der Waals surface area contributed by atoms with Crippen molar-refractivity contribution in [3.63, 3.8) is 0 Å². The minimum absolute atomic E-state index is 0.0928. The molecule has 0 spiro atoms. The molecular formula is C30H35N7O5. The lowest BCUT2D eigenvalue weighted by Gasteiger charge is -2.41. The van der Waals surface area contributed by atoms with E-state index < -0.39 is 23.5 Å². The van der Waals surface area contributed by atoms with Crippen molar-refractivity contribution in [2.24, 2.45) is 10.3 Å². The Morgan fingerprint density at radius 3 is 2.24 bits per heavy atom. The standard InChI is InChI=1S/C30H35N7O5/c1-18(32-17-26(38)37-12-4-5-23(37)16-31)15-30(29-33-35-36-34-29)24-10-8-21(27(39)41-2)13-19(24)6-7-20-14-22(28(40)42-3)9-11-25(20)30/h8-11,13-14,18,23,29,32H,4-7,12,15,17H2,1-3H3,(H,33,36)(H,34,35)/t18-,23-/m0/s1. The van der Waals surface area contributed by atoms with Crippen LogP contribution < -0.4 is 16.3 Å². The smallest absolute Gasteiger partial charge is 0.337 e. The van der Waals surface area contributed by atoms with Gasteiger partial charge in [-0.25, -0.2) is 15.1 Å². The number of nitrogens with one attached hydrogen (secondary N) is 3. The molecule has 5 rings (SSSR count). The van der Waals surface area contributed by atoms with Crippen molar-refractivity contribution in [2.45, 2.75) is 62.7 Å². The van der Waals surface area contributed by atoms with E-state index in [1.807, 2.05) is 31.2 Å². The SMILES string of the molecule is COC(=O)c1ccc2c(c1)CCc1cc(C(=O)OC)ccc1C2(C[C@H](C)NCC(=O)N1CCC[C@H]1C#N)C1N=NNN1. The highest BCUT2D eigenvalue weighted by atomic mass is 16.5. The Kier molecular flexibility index (Phi) is 8.51. The van der Waals surface area contributed by atoms with Gasteiger partial charge in [-0.05, 0) is 85.5 Å². The number of aryl methyl sites for hydroxylation is 2. The van der Waals surface area contributed by atoms with E-state index in [9.17, 15) is 19.6 Å². The van der Waals surface area contributed by atoms with Crippen LogP contribution in [0.25, 0.3) is 0 Å². The van der Waals surface area contributed by atoms with E-state index in [0.717, 1.165) is 28.7 Å². The van der Waals surface area contributed by atoms with E-state index >= 15 is 0 Å². The highest BCUT2D eigenvalue weighted by Gasteiger charge is 2.48. The Bertz CT molecular complexity index is 1380. The average Bonchev–Trinajstić information content (AvgIpc) is 3.71. The van der Waals surface area contributed by atoms with E-state index in [4.69, 9.17) is 9.47 Å². The second-order valence-electron chi connectivity index (χ2n) is 10.9. The van der Waals surface area contributed by atoms with Crippen molar-refractivity contribution < 1.29 is 23.9 Å². The summed E-state index contributed by atoms with van der Waals surface area (Å²) < 4.78 is 9.98. The molecule has 3 N–H and O–H groups in total. The van der Waals surface area contributed by atoms with Gasteiger partial charge >= 0.3 is 11.9 Å². The molecule has 1 unspecified atom stereocenters. The zero-order valence-corrected chi connectivity index (χ0v) is 24.0. The molecule has 3 aliphatic rings. The fourth-order valence-electron chi connectivity index (χ4n) is 6.55. The zero-order valence-electron chi connectivity index (χ0n) is 24.0. The lowest BCUT2D eigenvalue weighted by molar-refractivity contribution is -0.130. The summed E-state index contributed by atoms with van der Waals surface area (Å²) in [5.41, 5.74) is 9.88. The van der Waals surface area contributed by atoms with Crippen molar-refractivity contribution in [2.75, 3.05) is 27.3 Å². The summed E-state index contributed by atoms with van der Waals surface area (Å²) in [5.74, 6) is -0.957. The third-order valence-corrected chi connectivity index (χ3v) is 8.52. The van der Waals surface area contributed by atoms with Gasteiger partial charge in [0.05, 0.1) is 43.4 Å². The van der Waals surface area contributed by atoms with Crippen LogP contribution in [0.4, 0.5) is 0 Å². The molecule has 12 heteroatoms. The quantitative estimate of drug-likeness (QED) is 0.403. The summed E-state index contributed by atoms with van der Waals surface area (Å²) in [7, 11) is 2.71. The average molecular weight is 574 g/mol. The second-order valence-corrected chi connectivity index (χ2v) is 10.9. The van der Waals surface area contributed by atoms with Crippen LogP contribution in [0.5, 0.6) is 0 Å². The summed E-state index contributed by atoms with van der Waals surface area (Å²) in [6.07, 6.45) is 2.70. The first-order chi connectivity index (χ1) is 20.3. The van der Waals surface area contributed by atoms with Gasteiger partial charge in [0.15, 0.2) is 6.17 Å². The Morgan fingerprint density at radius 1 is 1.10 bits per heavy atom. The summed E-state index contributed by atoms with van der Waals surface area (Å²) in [6.45, 7) is 2.69. The summed E-state index contributed by atoms with van der Waals surface area (Å²) >= 11 is 0. The second kappa shape index (κ2) is 12.3. The third-order valence-electron chi connectivity index (χ3n) is 8.52.